The number of carboxylic acids is 1. The van der Waals surface area contributed by atoms with Gasteiger partial charge in [-0.15, -0.1) is 0 Å². The zero-order valence-electron chi connectivity index (χ0n) is 19.1. The quantitative estimate of drug-likeness (QED) is 0.349. The Labute approximate surface area is 199 Å². The van der Waals surface area contributed by atoms with Crippen LogP contribution in [0.25, 0.3) is 6.08 Å². The van der Waals surface area contributed by atoms with Crippen LogP contribution in [0, 0.1) is 0 Å². The zero-order valence-corrected chi connectivity index (χ0v) is 19.1. The highest BCUT2D eigenvalue weighted by atomic mass is 16.5. The molecule has 3 rings (SSSR count). The fraction of sp³-hybridized carbons (Fsp3) is 0.296. The summed E-state index contributed by atoms with van der Waals surface area (Å²) in [5.74, 6) is -1.79. The molecule has 0 bridgehead atoms. The van der Waals surface area contributed by atoms with Gasteiger partial charge in [-0.25, -0.2) is 0 Å². The lowest BCUT2D eigenvalue weighted by molar-refractivity contribution is -0.137. The van der Waals surface area contributed by atoms with E-state index in [0.29, 0.717) is 43.7 Å². The summed E-state index contributed by atoms with van der Waals surface area (Å²) in [4.78, 5) is 38.3. The second-order valence-corrected chi connectivity index (χ2v) is 7.98. The van der Waals surface area contributed by atoms with E-state index in [-0.39, 0.29) is 12.0 Å². The van der Waals surface area contributed by atoms with Crippen molar-refractivity contribution in [3.8, 4) is 5.75 Å². The molecule has 0 aliphatic carbocycles. The topological polar surface area (TPSA) is 104 Å². The minimum atomic E-state index is -0.859. The van der Waals surface area contributed by atoms with E-state index in [1.54, 1.807) is 30.3 Å². The van der Waals surface area contributed by atoms with Crippen LogP contribution in [-0.2, 0) is 14.4 Å². The summed E-state index contributed by atoms with van der Waals surface area (Å²) in [7, 11) is 0. The third kappa shape index (κ3) is 6.13. The molecule has 1 atom stereocenters. The normalized spacial score (nSPS) is 15.9. The molecule has 34 heavy (non-hydrogen) atoms. The molecule has 0 radical (unpaired) electrons. The lowest BCUT2D eigenvalue weighted by atomic mass is 9.95. The molecule has 7 nitrogen and oxygen atoms in total. The van der Waals surface area contributed by atoms with Gasteiger partial charge in [0, 0.05) is 13.0 Å². The molecule has 1 heterocycles. The number of allylic oxidation sites excluding steroid dienone is 1. The number of hydrogen-bond donors (Lipinski definition) is 2. The number of nitrogens with zero attached hydrogens (tertiary/aromatic N) is 1. The molecule has 7 heteroatoms. The third-order valence-electron chi connectivity index (χ3n) is 5.59. The Morgan fingerprint density at radius 1 is 1.03 bits per heavy atom. The van der Waals surface area contributed by atoms with Crippen molar-refractivity contribution in [1.29, 1.82) is 0 Å². The van der Waals surface area contributed by atoms with Gasteiger partial charge < -0.3 is 19.8 Å². The summed E-state index contributed by atoms with van der Waals surface area (Å²) < 4.78 is 5.50. The molecule has 0 fully saturated rings. The summed E-state index contributed by atoms with van der Waals surface area (Å²) in [6.45, 7) is 2.68. The summed E-state index contributed by atoms with van der Waals surface area (Å²) >= 11 is 0. The van der Waals surface area contributed by atoms with Crippen molar-refractivity contribution in [3.05, 3.63) is 83.1 Å². The Morgan fingerprint density at radius 2 is 1.74 bits per heavy atom. The van der Waals surface area contributed by atoms with Crippen LogP contribution in [-0.4, -0.2) is 45.9 Å². The highest BCUT2D eigenvalue weighted by Crippen LogP contribution is 2.38. The van der Waals surface area contributed by atoms with E-state index in [1.807, 2.05) is 37.3 Å². The van der Waals surface area contributed by atoms with Crippen molar-refractivity contribution in [2.24, 2.45) is 0 Å². The van der Waals surface area contributed by atoms with Crippen LogP contribution in [0.3, 0.4) is 0 Å². The Balaban J connectivity index is 1.86. The summed E-state index contributed by atoms with van der Waals surface area (Å²) in [6, 6.07) is 15.7. The minimum absolute atomic E-state index is 0.0341. The fourth-order valence-corrected chi connectivity index (χ4v) is 3.96. The molecule has 2 aromatic rings. The summed E-state index contributed by atoms with van der Waals surface area (Å²) in [5, 5.41) is 19.5. The van der Waals surface area contributed by atoms with Gasteiger partial charge >= 0.3 is 5.97 Å². The van der Waals surface area contributed by atoms with E-state index in [0.717, 1.165) is 5.56 Å². The fourth-order valence-electron chi connectivity index (χ4n) is 3.96. The predicted octanol–water partition coefficient (Wildman–Crippen LogP) is 4.71. The van der Waals surface area contributed by atoms with E-state index in [1.165, 1.54) is 11.0 Å². The largest absolute Gasteiger partial charge is 0.503 e. The van der Waals surface area contributed by atoms with Gasteiger partial charge in [-0.05, 0) is 49.1 Å². The maximum Gasteiger partial charge on any atom is 0.303 e. The summed E-state index contributed by atoms with van der Waals surface area (Å²) in [5.41, 5.74) is 1.54. The van der Waals surface area contributed by atoms with Crippen LogP contribution in [0.5, 0.6) is 5.75 Å². The van der Waals surface area contributed by atoms with Crippen LogP contribution in [0.1, 0.15) is 49.8 Å². The SMILES string of the molecule is CCOc1ccc(C2C(C(=O)C=Cc3ccccc3)=C(O)C(=O)N2CCCCCC(=O)O)cc1. The summed E-state index contributed by atoms with van der Waals surface area (Å²) in [6.07, 6.45) is 4.75. The van der Waals surface area contributed by atoms with Crippen LogP contribution in [0.4, 0.5) is 0 Å². The first-order valence-corrected chi connectivity index (χ1v) is 11.4. The third-order valence-corrected chi connectivity index (χ3v) is 5.59. The monoisotopic (exact) mass is 463 g/mol. The minimum Gasteiger partial charge on any atom is -0.503 e. The number of ketones is 1. The van der Waals surface area contributed by atoms with Crippen molar-refractivity contribution < 1.29 is 29.3 Å². The number of aliphatic hydroxyl groups excluding tert-OH is 1. The van der Waals surface area contributed by atoms with E-state index in [4.69, 9.17) is 9.84 Å². The number of carboxylic acid groups (broad SMARTS) is 1. The highest BCUT2D eigenvalue weighted by Gasteiger charge is 2.42. The molecule has 0 saturated carbocycles. The average Bonchev–Trinajstić information content (AvgIpc) is 3.08. The van der Waals surface area contributed by atoms with Crippen molar-refractivity contribution in [2.75, 3.05) is 13.2 Å². The molecule has 2 N–H and O–H groups in total. The van der Waals surface area contributed by atoms with Gasteiger partial charge in [-0.1, -0.05) is 55.0 Å². The lowest BCUT2D eigenvalue weighted by Crippen LogP contribution is -2.32. The van der Waals surface area contributed by atoms with Gasteiger partial charge in [-0.3, -0.25) is 14.4 Å². The van der Waals surface area contributed by atoms with Crippen LogP contribution >= 0.6 is 0 Å². The first-order valence-electron chi connectivity index (χ1n) is 11.4. The van der Waals surface area contributed by atoms with Crippen LogP contribution < -0.4 is 4.74 Å². The van der Waals surface area contributed by atoms with Crippen molar-refractivity contribution in [1.82, 2.24) is 4.90 Å². The van der Waals surface area contributed by atoms with E-state index >= 15 is 0 Å². The first kappa shape index (κ1) is 24.8. The molecule has 2 aromatic carbocycles. The highest BCUT2D eigenvalue weighted by molar-refractivity contribution is 6.14. The number of carbonyl (C=O) groups is 3. The number of amides is 1. The van der Waals surface area contributed by atoms with E-state index in [9.17, 15) is 19.5 Å². The smallest absolute Gasteiger partial charge is 0.303 e. The second-order valence-electron chi connectivity index (χ2n) is 7.98. The van der Waals surface area contributed by atoms with Gasteiger partial charge in [0.05, 0.1) is 18.2 Å². The Bertz CT molecular complexity index is 1070. The predicted molar refractivity (Wildman–Crippen MR) is 128 cm³/mol. The van der Waals surface area contributed by atoms with Gasteiger partial charge in [0.2, 0.25) is 0 Å². The maximum absolute atomic E-state index is 13.2. The van der Waals surface area contributed by atoms with Gasteiger partial charge in [-0.2, -0.15) is 0 Å². The van der Waals surface area contributed by atoms with E-state index in [2.05, 4.69) is 0 Å². The average molecular weight is 464 g/mol. The number of carbonyl (C=O) groups excluding carboxylic acids is 2. The first-order chi connectivity index (χ1) is 16.4. The van der Waals surface area contributed by atoms with Crippen molar-refractivity contribution in [2.45, 2.75) is 38.6 Å². The molecule has 1 aliphatic rings. The zero-order chi connectivity index (χ0) is 24.5. The molecule has 0 saturated heterocycles. The Morgan fingerprint density at radius 3 is 2.38 bits per heavy atom. The number of rotatable bonds is 12. The molecule has 178 valence electrons. The molecule has 0 aromatic heterocycles. The van der Waals surface area contributed by atoms with Crippen LogP contribution in [0.2, 0.25) is 0 Å². The second kappa shape index (κ2) is 11.8. The molecule has 0 spiro atoms. The number of ether oxygens (including phenoxy) is 1. The maximum atomic E-state index is 13.2. The Kier molecular flexibility index (Phi) is 8.62. The van der Waals surface area contributed by atoms with Gasteiger partial charge in [0.25, 0.3) is 5.91 Å². The molecule has 1 unspecified atom stereocenters. The molecule has 1 aliphatic heterocycles. The van der Waals surface area contributed by atoms with Crippen molar-refractivity contribution >= 4 is 23.7 Å². The van der Waals surface area contributed by atoms with Gasteiger partial charge in [0.1, 0.15) is 5.75 Å². The number of unbranched alkanes of at least 4 members (excludes halogenated alkanes) is 2. The number of hydrogen-bond acceptors (Lipinski definition) is 5. The van der Waals surface area contributed by atoms with Crippen LogP contribution in [0.15, 0.2) is 72.0 Å². The molecular weight excluding hydrogens is 434 g/mol. The van der Waals surface area contributed by atoms with Gasteiger partial charge in [0.15, 0.2) is 11.5 Å². The molecule has 1 amide bonds. The number of aliphatic hydroxyl groups is 1. The Hall–Kier alpha value is -3.87. The molecular formula is C27H29NO6. The van der Waals surface area contributed by atoms with Crippen molar-refractivity contribution in [3.63, 3.8) is 0 Å². The number of benzene rings is 2. The standard InChI is InChI=1S/C27H29NO6/c1-2-34-21-15-13-20(14-16-21)25-24(22(29)17-12-19-9-5-3-6-10-19)26(32)27(33)28(25)18-8-4-7-11-23(30)31/h3,5-6,9-10,12-17,25,32H,2,4,7-8,11,18H2,1H3,(H,30,31). The van der Waals surface area contributed by atoms with E-state index < -0.39 is 29.5 Å². The lowest BCUT2D eigenvalue weighted by Gasteiger charge is -2.26. The number of aliphatic carboxylic acids is 1.